The Bertz CT molecular complexity index is 758. The average molecular weight is 299 g/mol. The van der Waals surface area contributed by atoms with E-state index < -0.39 is 5.82 Å². The van der Waals surface area contributed by atoms with Gasteiger partial charge in [-0.25, -0.2) is 4.39 Å². The number of Topliss-reactive ketones (excluding diaryl/α,β-unsaturated/α-hetero) is 1. The highest BCUT2D eigenvalue weighted by molar-refractivity contribution is 5.98. The van der Waals surface area contributed by atoms with E-state index in [9.17, 15) is 9.18 Å². The molecule has 0 saturated heterocycles. The standard InChI is InChI=1S/C19H22FNO/c1-11(22)15-9-13-7-12-8-14(19(2,3)4)5-6-17(12)21-18(13)10-16(15)20/h7,9-10,14H,5-6,8H2,1-4H3/t14-/m0/s1. The van der Waals surface area contributed by atoms with E-state index in [-0.39, 0.29) is 16.8 Å². The van der Waals surface area contributed by atoms with E-state index in [1.54, 1.807) is 6.07 Å². The SMILES string of the molecule is CC(=O)c1cc2cc3c(nc2cc1F)CC[C@H](C(C)(C)C)C3. The lowest BCUT2D eigenvalue weighted by atomic mass is 9.71. The molecule has 0 N–H and O–H groups in total. The summed E-state index contributed by atoms with van der Waals surface area (Å²) in [6, 6.07) is 5.13. The van der Waals surface area contributed by atoms with Crippen LogP contribution in [0.3, 0.4) is 0 Å². The van der Waals surface area contributed by atoms with E-state index in [0.717, 1.165) is 30.3 Å². The second-order valence-electron chi connectivity index (χ2n) is 7.48. The third kappa shape index (κ3) is 2.65. The summed E-state index contributed by atoms with van der Waals surface area (Å²) in [5.41, 5.74) is 3.41. The van der Waals surface area contributed by atoms with Gasteiger partial charge in [0.25, 0.3) is 0 Å². The molecule has 0 fully saturated rings. The summed E-state index contributed by atoms with van der Waals surface area (Å²) in [6.45, 7) is 8.23. The van der Waals surface area contributed by atoms with E-state index in [2.05, 4.69) is 31.8 Å². The van der Waals surface area contributed by atoms with Gasteiger partial charge in [0.1, 0.15) is 5.82 Å². The van der Waals surface area contributed by atoms with Crippen LogP contribution in [0.25, 0.3) is 10.9 Å². The van der Waals surface area contributed by atoms with Crippen LogP contribution in [0.4, 0.5) is 4.39 Å². The summed E-state index contributed by atoms with van der Waals surface area (Å²) in [5, 5.41) is 0.861. The van der Waals surface area contributed by atoms with E-state index in [1.165, 1.54) is 18.6 Å². The molecule has 0 bridgehead atoms. The molecule has 1 aliphatic rings. The van der Waals surface area contributed by atoms with Gasteiger partial charge in [0.05, 0.1) is 11.1 Å². The first-order valence-corrected chi connectivity index (χ1v) is 7.88. The number of benzene rings is 1. The van der Waals surface area contributed by atoms with Crippen LogP contribution in [0.2, 0.25) is 0 Å². The van der Waals surface area contributed by atoms with Gasteiger partial charge in [-0.3, -0.25) is 9.78 Å². The maximum atomic E-state index is 14.0. The monoisotopic (exact) mass is 299 g/mol. The zero-order valence-corrected chi connectivity index (χ0v) is 13.7. The maximum absolute atomic E-state index is 14.0. The molecule has 3 rings (SSSR count). The number of hydrogen-bond donors (Lipinski definition) is 0. The van der Waals surface area contributed by atoms with E-state index >= 15 is 0 Å². The zero-order chi connectivity index (χ0) is 16.1. The number of ketones is 1. The summed E-state index contributed by atoms with van der Waals surface area (Å²) < 4.78 is 14.0. The summed E-state index contributed by atoms with van der Waals surface area (Å²) in [5.74, 6) is -0.0903. The topological polar surface area (TPSA) is 30.0 Å². The quantitative estimate of drug-likeness (QED) is 0.713. The number of nitrogens with zero attached hydrogens (tertiary/aromatic N) is 1. The van der Waals surface area contributed by atoms with E-state index in [4.69, 9.17) is 0 Å². The van der Waals surface area contributed by atoms with Crippen LogP contribution in [0, 0.1) is 17.2 Å². The molecule has 3 heteroatoms. The lowest BCUT2D eigenvalue weighted by molar-refractivity contribution is 0.101. The number of aryl methyl sites for hydroxylation is 1. The van der Waals surface area contributed by atoms with Crippen LogP contribution in [-0.4, -0.2) is 10.8 Å². The number of hydrogen-bond acceptors (Lipinski definition) is 2. The van der Waals surface area contributed by atoms with Gasteiger partial charge in [0.2, 0.25) is 0 Å². The highest BCUT2D eigenvalue weighted by Gasteiger charge is 2.29. The fourth-order valence-electron chi connectivity index (χ4n) is 3.36. The summed E-state index contributed by atoms with van der Waals surface area (Å²) in [7, 11) is 0. The van der Waals surface area contributed by atoms with Gasteiger partial charge >= 0.3 is 0 Å². The molecule has 0 amide bonds. The highest BCUT2D eigenvalue weighted by atomic mass is 19.1. The number of halogens is 1. The molecule has 1 aliphatic carbocycles. The molecule has 1 aromatic heterocycles. The summed E-state index contributed by atoms with van der Waals surface area (Å²) in [6.07, 6.45) is 3.08. The fourth-order valence-corrected chi connectivity index (χ4v) is 3.36. The molecule has 116 valence electrons. The average Bonchev–Trinajstić information content (AvgIpc) is 2.42. The van der Waals surface area contributed by atoms with Crippen molar-refractivity contribution in [2.75, 3.05) is 0 Å². The lowest BCUT2D eigenvalue weighted by Crippen LogP contribution is -2.27. The first-order chi connectivity index (χ1) is 10.3. The smallest absolute Gasteiger partial charge is 0.162 e. The number of fused-ring (bicyclic) bond motifs is 2. The summed E-state index contributed by atoms with van der Waals surface area (Å²) >= 11 is 0. The normalized spacial score (nSPS) is 18.3. The Morgan fingerprint density at radius 1 is 1.27 bits per heavy atom. The van der Waals surface area contributed by atoms with Crippen LogP contribution in [0.1, 0.15) is 55.7 Å². The molecule has 1 atom stereocenters. The highest BCUT2D eigenvalue weighted by Crippen LogP contribution is 2.37. The number of carbonyl (C=O) groups excluding carboxylic acids is 1. The molecule has 1 aromatic carbocycles. The second-order valence-corrected chi connectivity index (χ2v) is 7.48. The largest absolute Gasteiger partial charge is 0.294 e. The summed E-state index contributed by atoms with van der Waals surface area (Å²) in [4.78, 5) is 16.2. The van der Waals surface area contributed by atoms with Crippen molar-refractivity contribution in [1.29, 1.82) is 0 Å². The van der Waals surface area contributed by atoms with Gasteiger partial charge in [-0.2, -0.15) is 0 Å². The van der Waals surface area contributed by atoms with Crippen LogP contribution < -0.4 is 0 Å². The van der Waals surface area contributed by atoms with Gasteiger partial charge in [0, 0.05) is 17.1 Å². The first-order valence-electron chi connectivity index (χ1n) is 7.88. The molecule has 2 nitrogen and oxygen atoms in total. The molecule has 0 aliphatic heterocycles. The molecular weight excluding hydrogens is 277 g/mol. The minimum Gasteiger partial charge on any atom is -0.294 e. The zero-order valence-electron chi connectivity index (χ0n) is 13.7. The van der Waals surface area contributed by atoms with Crippen molar-refractivity contribution in [2.24, 2.45) is 11.3 Å². The Morgan fingerprint density at radius 3 is 2.64 bits per heavy atom. The predicted octanol–water partition coefficient (Wildman–Crippen LogP) is 4.73. The number of rotatable bonds is 1. The molecule has 0 saturated carbocycles. The molecule has 0 radical (unpaired) electrons. The molecule has 2 aromatic rings. The fraction of sp³-hybridized carbons (Fsp3) is 0.474. The van der Waals surface area contributed by atoms with Gasteiger partial charge < -0.3 is 0 Å². The second kappa shape index (κ2) is 5.15. The minimum absolute atomic E-state index is 0.150. The van der Waals surface area contributed by atoms with Crippen molar-refractivity contribution in [1.82, 2.24) is 4.98 Å². The lowest BCUT2D eigenvalue weighted by Gasteiger charge is -2.34. The minimum atomic E-state index is -0.476. The number of pyridine rings is 1. The van der Waals surface area contributed by atoms with Crippen LogP contribution in [-0.2, 0) is 12.8 Å². The van der Waals surface area contributed by atoms with Gasteiger partial charge in [0.15, 0.2) is 5.78 Å². The maximum Gasteiger partial charge on any atom is 0.162 e. The Morgan fingerprint density at radius 2 is 2.00 bits per heavy atom. The van der Waals surface area contributed by atoms with Crippen molar-refractivity contribution >= 4 is 16.7 Å². The molecule has 22 heavy (non-hydrogen) atoms. The van der Waals surface area contributed by atoms with E-state index in [1.807, 2.05) is 0 Å². The van der Waals surface area contributed by atoms with Gasteiger partial charge in [-0.05, 0) is 55.2 Å². The number of aromatic nitrogens is 1. The van der Waals surface area contributed by atoms with Crippen molar-refractivity contribution in [3.63, 3.8) is 0 Å². The molecule has 1 heterocycles. The Kier molecular flexibility index (Phi) is 3.54. The third-order valence-electron chi connectivity index (χ3n) is 4.87. The first kappa shape index (κ1) is 15.1. The number of carbonyl (C=O) groups is 1. The predicted molar refractivity (Wildman–Crippen MR) is 86.7 cm³/mol. The molecular formula is C19H22FNO. The van der Waals surface area contributed by atoms with Crippen molar-refractivity contribution in [2.45, 2.75) is 47.0 Å². The Hall–Kier alpha value is -1.77. The van der Waals surface area contributed by atoms with Crippen LogP contribution in [0.5, 0.6) is 0 Å². The van der Waals surface area contributed by atoms with E-state index in [0.29, 0.717) is 11.4 Å². The molecule has 0 spiro atoms. The Labute approximate surface area is 130 Å². The Balaban J connectivity index is 2.09. The van der Waals surface area contributed by atoms with Crippen LogP contribution >= 0.6 is 0 Å². The molecule has 0 unspecified atom stereocenters. The van der Waals surface area contributed by atoms with Crippen molar-refractivity contribution in [3.05, 3.63) is 40.8 Å². The van der Waals surface area contributed by atoms with Gasteiger partial charge in [-0.1, -0.05) is 20.8 Å². The van der Waals surface area contributed by atoms with Crippen molar-refractivity contribution in [3.8, 4) is 0 Å². The third-order valence-corrected chi connectivity index (χ3v) is 4.87. The van der Waals surface area contributed by atoms with Crippen LogP contribution in [0.15, 0.2) is 18.2 Å². The van der Waals surface area contributed by atoms with Gasteiger partial charge in [-0.15, -0.1) is 0 Å². The van der Waals surface area contributed by atoms with Crippen molar-refractivity contribution < 1.29 is 9.18 Å².